The van der Waals surface area contributed by atoms with Crippen LogP contribution >= 0.6 is 11.3 Å². The highest BCUT2D eigenvalue weighted by atomic mass is 32.1. The minimum atomic E-state index is -0.802. The fourth-order valence-electron chi connectivity index (χ4n) is 5.84. The Morgan fingerprint density at radius 1 is 1.07 bits per heavy atom. The van der Waals surface area contributed by atoms with Crippen LogP contribution in [0.4, 0.5) is 9.93 Å². The third kappa shape index (κ3) is 6.68. The summed E-state index contributed by atoms with van der Waals surface area (Å²) < 4.78 is 11.6. The van der Waals surface area contributed by atoms with E-state index in [1.54, 1.807) is 34.1 Å². The van der Waals surface area contributed by atoms with Crippen LogP contribution in [-0.4, -0.2) is 88.4 Å². The van der Waals surface area contributed by atoms with Crippen molar-refractivity contribution in [2.75, 3.05) is 39.1 Å². The van der Waals surface area contributed by atoms with Gasteiger partial charge < -0.3 is 35.4 Å². The van der Waals surface area contributed by atoms with Crippen molar-refractivity contribution in [2.24, 2.45) is 0 Å². The zero-order valence-corrected chi connectivity index (χ0v) is 26.0. The molecule has 240 valence electrons. The number of methoxy groups -OCH3 is 1. The van der Waals surface area contributed by atoms with Gasteiger partial charge in [-0.25, -0.2) is 9.78 Å². The molecule has 0 spiro atoms. The van der Waals surface area contributed by atoms with E-state index in [0.717, 1.165) is 32.7 Å². The van der Waals surface area contributed by atoms with Crippen LogP contribution in [0.2, 0.25) is 0 Å². The van der Waals surface area contributed by atoms with Crippen LogP contribution in [0, 0.1) is 0 Å². The van der Waals surface area contributed by atoms with Gasteiger partial charge in [-0.1, -0.05) is 47.7 Å². The zero-order valence-electron chi connectivity index (χ0n) is 25.2. The predicted octanol–water partition coefficient (Wildman–Crippen LogP) is 2.10. The summed E-state index contributed by atoms with van der Waals surface area (Å²) >= 11 is 1.38. The molecule has 2 fully saturated rings. The van der Waals surface area contributed by atoms with E-state index in [1.807, 2.05) is 54.6 Å². The Labute approximate surface area is 269 Å². The Morgan fingerprint density at radius 2 is 1.80 bits per heavy atom. The largest absolute Gasteiger partial charge is 0.497 e. The fourth-order valence-corrected chi connectivity index (χ4v) is 6.62. The van der Waals surface area contributed by atoms with Gasteiger partial charge in [0.1, 0.15) is 30.3 Å². The number of benzene rings is 3. The Balaban J connectivity index is 1.22. The standard InChI is InChI=1S/C32H35N7O6S/c1-44-23-9-7-21(8-10-23)16-34-32(43)36-38-19-28(41)39-25(15-20-5-11-24(12-6-20)45-14-13-40)30(42)37(18-27(38)39)17-22-3-2-4-26-29(22)35-31(33)46-26/h2-12,25,27,40H,13-19H2,1H3,(H2,33,35)(H2,34,36,43)/t25-,27+/m0/s1. The molecule has 3 heterocycles. The van der Waals surface area contributed by atoms with Crippen LogP contribution in [0.1, 0.15) is 16.7 Å². The topological polar surface area (TPSA) is 163 Å². The number of aliphatic hydroxyl groups is 1. The molecule has 2 aliphatic heterocycles. The van der Waals surface area contributed by atoms with E-state index in [-0.39, 0.29) is 57.6 Å². The molecule has 4 amide bonds. The second-order valence-corrected chi connectivity index (χ2v) is 12.1. The highest BCUT2D eigenvalue weighted by Crippen LogP contribution is 2.31. The molecular formula is C32H35N7O6S. The summed E-state index contributed by atoms with van der Waals surface area (Å²) in [6.07, 6.45) is -0.322. The summed E-state index contributed by atoms with van der Waals surface area (Å²) in [5.41, 5.74) is 12.1. The third-order valence-electron chi connectivity index (χ3n) is 8.04. The van der Waals surface area contributed by atoms with Gasteiger partial charge in [0.15, 0.2) is 5.13 Å². The first-order valence-corrected chi connectivity index (χ1v) is 15.6. The van der Waals surface area contributed by atoms with Crippen LogP contribution in [-0.2, 0) is 29.1 Å². The number of anilines is 1. The first kappa shape index (κ1) is 31.1. The first-order valence-electron chi connectivity index (χ1n) is 14.8. The molecule has 3 aromatic carbocycles. The lowest BCUT2D eigenvalue weighted by Crippen LogP contribution is -2.65. The van der Waals surface area contributed by atoms with Gasteiger partial charge in [-0.3, -0.25) is 15.0 Å². The van der Waals surface area contributed by atoms with E-state index in [0.29, 0.717) is 10.9 Å². The molecule has 13 nitrogen and oxygen atoms in total. The summed E-state index contributed by atoms with van der Waals surface area (Å²) in [5, 5.41) is 13.9. The Kier molecular flexibility index (Phi) is 9.19. The molecule has 6 rings (SSSR count). The van der Waals surface area contributed by atoms with Gasteiger partial charge >= 0.3 is 6.03 Å². The molecule has 5 N–H and O–H groups in total. The number of nitrogens with one attached hydrogen (secondary N) is 2. The van der Waals surface area contributed by atoms with Gasteiger partial charge in [0.05, 0.1) is 37.0 Å². The number of nitrogen functional groups attached to an aromatic ring is 1. The van der Waals surface area contributed by atoms with E-state index < -0.39 is 18.2 Å². The average molecular weight is 646 g/mol. The Bertz CT molecular complexity index is 1710. The molecule has 0 unspecified atom stereocenters. The van der Waals surface area contributed by atoms with E-state index in [1.165, 1.54) is 11.3 Å². The lowest BCUT2D eigenvalue weighted by atomic mass is 9.99. The number of urea groups is 1. The van der Waals surface area contributed by atoms with Crippen molar-refractivity contribution in [2.45, 2.75) is 31.7 Å². The number of hydrogen-bond acceptors (Lipinski definition) is 10. The van der Waals surface area contributed by atoms with Crippen LogP contribution in [0.25, 0.3) is 10.2 Å². The number of para-hydroxylation sites is 1. The smallest absolute Gasteiger partial charge is 0.329 e. The fraction of sp³-hybridized carbons (Fsp3) is 0.312. The number of fused-ring (bicyclic) bond motifs is 2. The molecule has 0 aliphatic carbocycles. The number of nitrogens with zero attached hydrogens (tertiary/aromatic N) is 4. The minimum absolute atomic E-state index is 0.0790. The maximum atomic E-state index is 14.1. The van der Waals surface area contributed by atoms with Crippen molar-refractivity contribution in [3.05, 3.63) is 83.4 Å². The van der Waals surface area contributed by atoms with Crippen LogP contribution < -0.4 is 25.9 Å². The number of hydrogen-bond donors (Lipinski definition) is 4. The van der Waals surface area contributed by atoms with Gasteiger partial charge in [0.25, 0.3) is 0 Å². The zero-order chi connectivity index (χ0) is 32.2. The number of carbonyl (C=O) groups excluding carboxylic acids is 3. The minimum Gasteiger partial charge on any atom is -0.497 e. The third-order valence-corrected chi connectivity index (χ3v) is 8.89. The van der Waals surface area contributed by atoms with Crippen molar-refractivity contribution in [3.8, 4) is 11.5 Å². The molecule has 2 atom stereocenters. The first-order chi connectivity index (χ1) is 22.3. The Hall–Kier alpha value is -4.92. The summed E-state index contributed by atoms with van der Waals surface area (Å²) in [5.74, 6) is 0.860. The van der Waals surface area contributed by atoms with E-state index in [9.17, 15) is 14.4 Å². The maximum absolute atomic E-state index is 14.1. The molecule has 1 aromatic heterocycles. The number of carbonyl (C=O) groups is 3. The van der Waals surface area contributed by atoms with E-state index in [4.69, 9.17) is 20.3 Å². The molecule has 2 saturated heterocycles. The lowest BCUT2D eigenvalue weighted by Gasteiger charge is -2.44. The normalized spacial score (nSPS) is 18.1. The second-order valence-electron chi connectivity index (χ2n) is 11.0. The maximum Gasteiger partial charge on any atom is 0.329 e. The number of aliphatic hydroxyl groups excluding tert-OH is 1. The average Bonchev–Trinajstić information content (AvgIpc) is 3.60. The summed E-state index contributed by atoms with van der Waals surface area (Å²) in [4.78, 5) is 48.4. The number of piperazine rings is 1. The van der Waals surface area contributed by atoms with Crippen molar-refractivity contribution >= 4 is 44.5 Å². The van der Waals surface area contributed by atoms with E-state index >= 15 is 0 Å². The quantitative estimate of drug-likeness (QED) is 0.191. The van der Waals surface area contributed by atoms with Crippen LogP contribution in [0.3, 0.4) is 0 Å². The van der Waals surface area contributed by atoms with Crippen molar-refractivity contribution in [1.82, 2.24) is 30.5 Å². The monoisotopic (exact) mass is 645 g/mol. The van der Waals surface area contributed by atoms with Crippen molar-refractivity contribution in [3.63, 3.8) is 0 Å². The summed E-state index contributed by atoms with van der Waals surface area (Å²) in [6, 6.07) is 19.1. The number of ether oxygens (including phenoxy) is 2. The van der Waals surface area contributed by atoms with Crippen LogP contribution in [0.5, 0.6) is 11.5 Å². The number of thiazole rings is 1. The molecule has 0 bridgehead atoms. The van der Waals surface area contributed by atoms with Crippen LogP contribution in [0.15, 0.2) is 66.7 Å². The van der Waals surface area contributed by atoms with Gasteiger partial charge in [0.2, 0.25) is 11.8 Å². The number of aromatic nitrogens is 1. The lowest BCUT2D eigenvalue weighted by molar-refractivity contribution is -0.154. The second kappa shape index (κ2) is 13.6. The summed E-state index contributed by atoms with van der Waals surface area (Å²) in [7, 11) is 1.59. The number of rotatable bonds is 11. The van der Waals surface area contributed by atoms with Gasteiger partial charge in [-0.2, -0.15) is 5.01 Å². The summed E-state index contributed by atoms with van der Waals surface area (Å²) in [6.45, 7) is 0.719. The number of hydrazine groups is 1. The Morgan fingerprint density at radius 3 is 2.54 bits per heavy atom. The molecular weight excluding hydrogens is 610 g/mol. The molecule has 0 radical (unpaired) electrons. The number of amides is 4. The van der Waals surface area contributed by atoms with E-state index in [2.05, 4.69) is 15.7 Å². The molecule has 4 aromatic rings. The molecule has 0 saturated carbocycles. The van der Waals surface area contributed by atoms with Gasteiger partial charge in [-0.05, 0) is 47.0 Å². The van der Waals surface area contributed by atoms with Crippen molar-refractivity contribution in [1.29, 1.82) is 0 Å². The molecule has 46 heavy (non-hydrogen) atoms. The molecule has 2 aliphatic rings. The van der Waals surface area contributed by atoms with Gasteiger partial charge in [0, 0.05) is 19.5 Å². The molecule has 14 heteroatoms. The number of nitrogens with two attached hydrogens (primary N) is 1. The SMILES string of the molecule is COc1ccc(CNC(=O)NN2CC(=O)N3[C@@H]2CN(Cc2cccc4sc(N)nc24)C(=O)[C@@H]3Cc2ccc(OCCO)cc2)cc1. The van der Waals surface area contributed by atoms with Gasteiger partial charge in [-0.15, -0.1) is 0 Å². The highest BCUT2D eigenvalue weighted by molar-refractivity contribution is 7.22. The highest BCUT2D eigenvalue weighted by Gasteiger charge is 2.50. The van der Waals surface area contributed by atoms with Crippen molar-refractivity contribution < 1.29 is 29.0 Å². The predicted molar refractivity (Wildman–Crippen MR) is 172 cm³/mol.